The number of para-hydroxylation sites is 1. The van der Waals surface area contributed by atoms with E-state index in [2.05, 4.69) is 20.1 Å². The predicted molar refractivity (Wildman–Crippen MR) is 93.9 cm³/mol. The molecule has 3 rings (SSSR count). The minimum Gasteiger partial charge on any atom is -0.496 e. The van der Waals surface area contributed by atoms with Gasteiger partial charge in [-0.2, -0.15) is 13.9 Å². The van der Waals surface area contributed by atoms with Gasteiger partial charge in [0.25, 0.3) is 5.91 Å². The number of rotatable bonds is 6. The van der Waals surface area contributed by atoms with Crippen LogP contribution in [0, 0.1) is 11.6 Å². The van der Waals surface area contributed by atoms with Crippen LogP contribution in [0.25, 0.3) is 11.3 Å². The van der Waals surface area contributed by atoms with E-state index in [9.17, 15) is 22.4 Å². The predicted octanol–water partition coefficient (Wildman–Crippen LogP) is 3.62. The van der Waals surface area contributed by atoms with Gasteiger partial charge >= 0.3 is 6.61 Å². The van der Waals surface area contributed by atoms with Gasteiger partial charge in [0, 0.05) is 19.3 Å². The molecule has 1 amide bonds. The Balaban J connectivity index is 1.91. The quantitative estimate of drug-likeness (QED) is 0.628. The second kappa shape index (κ2) is 8.17. The monoisotopic (exact) mass is 410 g/mol. The first-order valence-corrected chi connectivity index (χ1v) is 8.08. The summed E-state index contributed by atoms with van der Waals surface area (Å²) >= 11 is 0. The lowest BCUT2D eigenvalue weighted by Gasteiger charge is -2.10. The first kappa shape index (κ1) is 20.1. The molecule has 0 fully saturated rings. The summed E-state index contributed by atoms with van der Waals surface area (Å²) in [5, 5.41) is 6.14. The smallest absolute Gasteiger partial charge is 0.388 e. The maximum absolute atomic E-state index is 13.7. The molecular formula is C18H14F4N4O3. The second-order valence-corrected chi connectivity index (χ2v) is 5.69. The van der Waals surface area contributed by atoms with Gasteiger partial charge in [-0.3, -0.25) is 9.48 Å². The number of ether oxygens (including phenoxy) is 2. The van der Waals surface area contributed by atoms with Gasteiger partial charge in [0.1, 0.15) is 23.1 Å². The van der Waals surface area contributed by atoms with Crippen LogP contribution in [-0.4, -0.2) is 34.4 Å². The Hall–Kier alpha value is -3.63. The van der Waals surface area contributed by atoms with Crippen LogP contribution in [0.1, 0.15) is 10.5 Å². The number of anilines is 1. The van der Waals surface area contributed by atoms with Crippen molar-refractivity contribution in [3.8, 4) is 22.9 Å². The Morgan fingerprint density at radius 2 is 1.90 bits per heavy atom. The normalized spacial score (nSPS) is 10.9. The van der Waals surface area contributed by atoms with Gasteiger partial charge in [0.15, 0.2) is 5.69 Å². The topological polar surface area (TPSA) is 78.3 Å². The van der Waals surface area contributed by atoms with Crippen LogP contribution < -0.4 is 14.8 Å². The summed E-state index contributed by atoms with van der Waals surface area (Å²) in [5.41, 5.74) is -0.0603. The number of benzene rings is 1. The molecule has 0 radical (unpaired) electrons. The molecule has 2 aromatic heterocycles. The fourth-order valence-corrected chi connectivity index (χ4v) is 2.56. The molecule has 152 valence electrons. The highest BCUT2D eigenvalue weighted by molar-refractivity contribution is 6.03. The molecule has 0 aliphatic carbocycles. The maximum Gasteiger partial charge on any atom is 0.388 e. The molecule has 0 atom stereocenters. The van der Waals surface area contributed by atoms with Gasteiger partial charge in [-0.1, -0.05) is 6.07 Å². The number of halogens is 4. The molecular weight excluding hydrogens is 396 g/mol. The van der Waals surface area contributed by atoms with Crippen molar-refractivity contribution in [2.45, 2.75) is 6.61 Å². The fraction of sp³-hybridized carbons (Fsp3) is 0.167. The van der Waals surface area contributed by atoms with E-state index in [4.69, 9.17) is 4.74 Å². The number of carbonyl (C=O) groups is 1. The number of pyridine rings is 1. The number of hydrogen-bond donors (Lipinski definition) is 1. The van der Waals surface area contributed by atoms with Crippen LogP contribution >= 0.6 is 0 Å². The zero-order chi connectivity index (χ0) is 21.1. The lowest BCUT2D eigenvalue weighted by atomic mass is 10.1. The molecule has 0 spiro atoms. The lowest BCUT2D eigenvalue weighted by molar-refractivity contribution is -0.0529. The molecule has 2 heterocycles. The van der Waals surface area contributed by atoms with E-state index in [1.807, 2.05) is 0 Å². The Morgan fingerprint density at radius 3 is 2.52 bits per heavy atom. The maximum atomic E-state index is 13.7. The van der Waals surface area contributed by atoms with Gasteiger partial charge in [-0.25, -0.2) is 13.8 Å². The number of carbonyl (C=O) groups excluding carboxylic acids is 1. The van der Waals surface area contributed by atoms with Gasteiger partial charge in [-0.05, 0) is 18.2 Å². The van der Waals surface area contributed by atoms with Crippen molar-refractivity contribution < 1.29 is 31.8 Å². The third-order valence-corrected chi connectivity index (χ3v) is 3.86. The summed E-state index contributed by atoms with van der Waals surface area (Å²) in [6, 6.07) is 5.66. The molecule has 0 saturated carbocycles. The average molecular weight is 410 g/mol. The Kier molecular flexibility index (Phi) is 5.66. The first-order valence-electron chi connectivity index (χ1n) is 8.08. The Morgan fingerprint density at radius 1 is 1.21 bits per heavy atom. The summed E-state index contributed by atoms with van der Waals surface area (Å²) in [4.78, 5) is 16.1. The van der Waals surface area contributed by atoms with Crippen molar-refractivity contribution in [3.63, 3.8) is 0 Å². The summed E-state index contributed by atoms with van der Waals surface area (Å²) in [6.45, 7) is -3.05. The zero-order valence-electron chi connectivity index (χ0n) is 15.1. The number of aryl methyl sites for hydroxylation is 1. The average Bonchev–Trinajstić information content (AvgIpc) is 3.05. The van der Waals surface area contributed by atoms with Crippen LogP contribution in [0.2, 0.25) is 0 Å². The molecule has 0 bridgehead atoms. The molecule has 7 nitrogen and oxygen atoms in total. The van der Waals surface area contributed by atoms with Crippen LogP contribution in [0.15, 0.2) is 36.5 Å². The molecule has 0 aliphatic heterocycles. The van der Waals surface area contributed by atoms with Gasteiger partial charge in [-0.15, -0.1) is 0 Å². The number of aromatic nitrogens is 3. The third kappa shape index (κ3) is 4.28. The number of hydrogen-bond acceptors (Lipinski definition) is 5. The van der Waals surface area contributed by atoms with Crippen LogP contribution in [0.5, 0.6) is 11.6 Å². The van der Waals surface area contributed by atoms with Gasteiger partial charge in [0.05, 0.1) is 18.4 Å². The van der Waals surface area contributed by atoms with Crippen LogP contribution in [-0.2, 0) is 7.05 Å². The highest BCUT2D eigenvalue weighted by atomic mass is 19.3. The minimum absolute atomic E-state index is 0.139. The van der Waals surface area contributed by atoms with E-state index >= 15 is 0 Å². The Labute approximate surface area is 161 Å². The number of methoxy groups -OCH3 is 1. The standard InChI is InChI=1S/C18H14F4N4O3/c1-26-13(9-8-23-15(29-18(21)22)7-14(9)28-2)6-12(25-26)17(27)24-16-10(19)4-3-5-11(16)20/h3-8,18H,1-2H3,(H,24,27). The molecule has 0 saturated heterocycles. The first-order chi connectivity index (χ1) is 13.8. The fourth-order valence-electron chi connectivity index (χ4n) is 2.56. The van der Waals surface area contributed by atoms with Crippen molar-refractivity contribution in [2.24, 2.45) is 7.05 Å². The number of nitrogens with one attached hydrogen (secondary N) is 1. The van der Waals surface area contributed by atoms with E-state index in [1.165, 1.54) is 37.2 Å². The second-order valence-electron chi connectivity index (χ2n) is 5.69. The molecule has 11 heteroatoms. The number of nitrogens with zero attached hydrogens (tertiary/aromatic N) is 3. The summed E-state index contributed by atoms with van der Waals surface area (Å²) in [6.07, 6.45) is 1.21. The van der Waals surface area contributed by atoms with E-state index in [0.29, 0.717) is 11.3 Å². The van der Waals surface area contributed by atoms with Crippen molar-refractivity contribution in [3.05, 3.63) is 53.9 Å². The van der Waals surface area contributed by atoms with Gasteiger partial charge in [0.2, 0.25) is 5.88 Å². The molecule has 3 aromatic rings. The van der Waals surface area contributed by atoms with Crippen LogP contribution in [0.3, 0.4) is 0 Å². The van der Waals surface area contributed by atoms with E-state index in [1.54, 1.807) is 0 Å². The van der Waals surface area contributed by atoms with E-state index < -0.39 is 29.8 Å². The van der Waals surface area contributed by atoms with E-state index in [-0.39, 0.29) is 17.3 Å². The van der Waals surface area contributed by atoms with E-state index in [0.717, 1.165) is 18.2 Å². The molecule has 1 N–H and O–H groups in total. The summed E-state index contributed by atoms with van der Waals surface area (Å²) in [7, 11) is 2.83. The molecule has 0 aliphatic rings. The number of alkyl halides is 2. The van der Waals surface area contributed by atoms with Gasteiger partial charge < -0.3 is 14.8 Å². The highest BCUT2D eigenvalue weighted by Crippen LogP contribution is 2.32. The minimum atomic E-state index is -3.05. The third-order valence-electron chi connectivity index (χ3n) is 3.86. The molecule has 0 unspecified atom stereocenters. The van der Waals surface area contributed by atoms with Crippen molar-refractivity contribution >= 4 is 11.6 Å². The Bertz CT molecular complexity index is 1040. The summed E-state index contributed by atoms with van der Waals surface area (Å²) in [5.74, 6) is -2.92. The van der Waals surface area contributed by atoms with Crippen molar-refractivity contribution in [2.75, 3.05) is 12.4 Å². The molecule has 29 heavy (non-hydrogen) atoms. The zero-order valence-corrected chi connectivity index (χ0v) is 15.1. The van der Waals surface area contributed by atoms with Crippen molar-refractivity contribution in [1.82, 2.24) is 14.8 Å². The lowest BCUT2D eigenvalue weighted by Crippen LogP contribution is -2.15. The SMILES string of the molecule is COc1cc(OC(F)F)ncc1-c1cc(C(=O)Nc2c(F)cccc2F)nn1C. The summed E-state index contributed by atoms with van der Waals surface area (Å²) < 4.78 is 62.9. The van der Waals surface area contributed by atoms with Crippen LogP contribution in [0.4, 0.5) is 23.2 Å². The highest BCUT2D eigenvalue weighted by Gasteiger charge is 2.20. The number of amides is 1. The largest absolute Gasteiger partial charge is 0.496 e. The van der Waals surface area contributed by atoms with Crippen molar-refractivity contribution in [1.29, 1.82) is 0 Å². The molecule has 1 aromatic carbocycles.